The highest BCUT2D eigenvalue weighted by molar-refractivity contribution is 7.89. The van der Waals surface area contributed by atoms with Crippen LogP contribution in [-0.2, 0) is 21.9 Å². The third kappa shape index (κ3) is 6.46. The van der Waals surface area contributed by atoms with Crippen LogP contribution in [0.4, 0.5) is 13.2 Å². The lowest BCUT2D eigenvalue weighted by molar-refractivity contribution is -0.275. The number of halogens is 3. The highest BCUT2D eigenvalue weighted by Gasteiger charge is 2.42. The Labute approximate surface area is 216 Å². The molecule has 0 spiro atoms. The molecule has 0 bridgehead atoms. The fourth-order valence-electron chi connectivity index (χ4n) is 4.70. The van der Waals surface area contributed by atoms with Crippen LogP contribution in [0.25, 0.3) is 0 Å². The molecule has 0 saturated heterocycles. The van der Waals surface area contributed by atoms with Crippen LogP contribution >= 0.6 is 0 Å². The molecule has 1 heterocycles. The van der Waals surface area contributed by atoms with Gasteiger partial charge in [0.1, 0.15) is 16.4 Å². The molecule has 0 aliphatic carbocycles. The van der Waals surface area contributed by atoms with Crippen molar-refractivity contribution >= 4 is 15.8 Å². The van der Waals surface area contributed by atoms with Gasteiger partial charge in [0.15, 0.2) is 5.78 Å². The number of para-hydroxylation sites is 1. The van der Waals surface area contributed by atoms with E-state index in [9.17, 15) is 26.4 Å². The van der Waals surface area contributed by atoms with E-state index in [1.807, 2.05) is 27.7 Å². The molecule has 6 nitrogen and oxygen atoms in total. The molecule has 0 aromatic heterocycles. The van der Waals surface area contributed by atoms with Gasteiger partial charge in [0, 0.05) is 29.4 Å². The molecule has 0 fully saturated rings. The Morgan fingerprint density at radius 3 is 2.38 bits per heavy atom. The van der Waals surface area contributed by atoms with E-state index in [0.29, 0.717) is 49.0 Å². The summed E-state index contributed by atoms with van der Waals surface area (Å²) >= 11 is 0. The minimum Gasteiger partial charge on any atom is -0.492 e. The molecule has 2 aromatic carbocycles. The van der Waals surface area contributed by atoms with Crippen LogP contribution in [0.2, 0.25) is 0 Å². The molecule has 1 unspecified atom stereocenters. The molecule has 37 heavy (non-hydrogen) atoms. The van der Waals surface area contributed by atoms with E-state index in [1.165, 1.54) is 25.2 Å². The summed E-state index contributed by atoms with van der Waals surface area (Å²) in [4.78, 5) is 13.0. The lowest BCUT2D eigenvalue weighted by Gasteiger charge is -2.43. The van der Waals surface area contributed by atoms with E-state index in [4.69, 9.17) is 4.74 Å². The van der Waals surface area contributed by atoms with Gasteiger partial charge < -0.3 is 9.47 Å². The van der Waals surface area contributed by atoms with E-state index in [2.05, 4.69) is 9.46 Å². The highest BCUT2D eigenvalue weighted by atomic mass is 32.2. The van der Waals surface area contributed by atoms with Crippen LogP contribution in [-0.4, -0.2) is 34.2 Å². The Morgan fingerprint density at radius 2 is 1.76 bits per heavy atom. The van der Waals surface area contributed by atoms with E-state index in [0.717, 1.165) is 0 Å². The number of hydrogen-bond donors (Lipinski definition) is 1. The van der Waals surface area contributed by atoms with Crippen LogP contribution in [0.1, 0.15) is 74.9 Å². The van der Waals surface area contributed by atoms with Crippen molar-refractivity contribution in [2.45, 2.75) is 76.5 Å². The number of sulfonamides is 1. The Balaban J connectivity index is 1.77. The first-order chi connectivity index (χ1) is 17.1. The number of fused-ring (bicyclic) bond motifs is 1. The van der Waals surface area contributed by atoms with Gasteiger partial charge in [-0.3, -0.25) is 4.79 Å². The molecule has 1 aliphatic heterocycles. The molecule has 0 radical (unpaired) electrons. The number of unbranched alkanes of at least 4 members (excludes halogenated alkanes) is 1. The maximum atomic E-state index is 13.1. The van der Waals surface area contributed by atoms with Crippen molar-refractivity contribution in [2.75, 3.05) is 13.7 Å². The number of carbonyl (C=O) groups is 1. The van der Waals surface area contributed by atoms with Crippen LogP contribution in [0.3, 0.4) is 0 Å². The molecule has 1 aliphatic rings. The summed E-state index contributed by atoms with van der Waals surface area (Å²) in [6.07, 6.45) is -2.50. The van der Waals surface area contributed by atoms with Crippen molar-refractivity contribution in [3.05, 3.63) is 53.1 Å². The predicted octanol–water partition coefficient (Wildman–Crippen LogP) is 6.18. The number of nitrogens with one attached hydrogen (secondary N) is 1. The summed E-state index contributed by atoms with van der Waals surface area (Å²) in [5.41, 5.74) is 0.378. The fourth-order valence-corrected chi connectivity index (χ4v) is 5.64. The summed E-state index contributed by atoms with van der Waals surface area (Å²) in [6.45, 7) is 8.18. The molecule has 204 valence electrons. The van der Waals surface area contributed by atoms with Gasteiger partial charge in [0.05, 0.1) is 6.61 Å². The summed E-state index contributed by atoms with van der Waals surface area (Å²) in [5, 5.41) is 0. The summed E-state index contributed by atoms with van der Waals surface area (Å²) in [5.74, 6) is -0.130. The summed E-state index contributed by atoms with van der Waals surface area (Å²) < 4.78 is 76.2. The van der Waals surface area contributed by atoms with Gasteiger partial charge in [-0.15, -0.1) is 13.2 Å². The normalized spacial score (nSPS) is 15.6. The molecule has 0 saturated carbocycles. The van der Waals surface area contributed by atoms with Gasteiger partial charge in [-0.2, -0.15) is 0 Å². The number of ketones is 1. The zero-order valence-corrected chi connectivity index (χ0v) is 22.6. The maximum absolute atomic E-state index is 13.1. The van der Waals surface area contributed by atoms with Crippen LogP contribution < -0.4 is 14.2 Å². The number of Topliss-reactive ketones (excluding diaryl/α,β-unsaturated/α-hetero) is 1. The average Bonchev–Trinajstić information content (AvgIpc) is 3.28. The second kappa shape index (κ2) is 10.6. The molecule has 2 aromatic rings. The van der Waals surface area contributed by atoms with Crippen molar-refractivity contribution in [3.8, 4) is 11.5 Å². The monoisotopic (exact) mass is 541 g/mol. The van der Waals surface area contributed by atoms with Crippen molar-refractivity contribution < 1.29 is 35.9 Å². The van der Waals surface area contributed by atoms with Gasteiger partial charge in [-0.05, 0) is 49.1 Å². The largest absolute Gasteiger partial charge is 0.573 e. The predicted molar refractivity (Wildman–Crippen MR) is 135 cm³/mol. The fraction of sp³-hybridized carbons (Fsp3) is 0.519. The Hall–Kier alpha value is -2.59. The van der Waals surface area contributed by atoms with Gasteiger partial charge in [-0.25, -0.2) is 13.1 Å². The van der Waals surface area contributed by atoms with Crippen LogP contribution in [0.5, 0.6) is 11.5 Å². The minimum atomic E-state index is -4.80. The van der Waals surface area contributed by atoms with Gasteiger partial charge in [0.2, 0.25) is 10.0 Å². The first kappa shape index (κ1) is 29.0. The zero-order valence-electron chi connectivity index (χ0n) is 21.8. The zero-order chi connectivity index (χ0) is 27.6. The third-order valence-electron chi connectivity index (χ3n) is 7.32. The molecule has 0 amide bonds. The summed E-state index contributed by atoms with van der Waals surface area (Å²) in [7, 11) is -2.51. The SMILES string of the molecule is CNS(=O)(=O)c1cc(C(=O)CCCCC(C)(c2ccccc2OC(F)(F)F)C(C)(C)C)cc2c1OCC2. The second-order valence-corrected chi connectivity index (χ2v) is 12.4. The maximum Gasteiger partial charge on any atom is 0.573 e. The van der Waals surface area contributed by atoms with Crippen molar-refractivity contribution in [1.82, 2.24) is 4.72 Å². The van der Waals surface area contributed by atoms with E-state index >= 15 is 0 Å². The second-order valence-electron chi connectivity index (χ2n) is 10.5. The Kier molecular flexibility index (Phi) is 8.34. The highest BCUT2D eigenvalue weighted by Crippen LogP contribution is 2.49. The smallest absolute Gasteiger partial charge is 0.492 e. The van der Waals surface area contributed by atoms with Crippen LogP contribution in [0.15, 0.2) is 41.3 Å². The standard InChI is InChI=1S/C27H34F3NO5S/c1-25(2,3)26(4,20-10-6-7-12-22(20)36-27(28,29)30)14-9-8-11-21(32)19-16-18-13-15-35-24(18)23(17-19)37(33,34)31-5/h6-7,10,12,16-17,31H,8-9,11,13-15H2,1-5H3. The average molecular weight is 542 g/mol. The lowest BCUT2D eigenvalue weighted by Crippen LogP contribution is -2.38. The van der Waals surface area contributed by atoms with E-state index < -0.39 is 27.2 Å². The quantitative estimate of drug-likeness (QED) is 0.287. The molecule has 1 N–H and O–H groups in total. The first-order valence-corrected chi connectivity index (χ1v) is 13.7. The Bertz CT molecular complexity index is 1250. The van der Waals surface area contributed by atoms with E-state index in [1.54, 1.807) is 18.2 Å². The van der Waals surface area contributed by atoms with Crippen molar-refractivity contribution in [2.24, 2.45) is 5.41 Å². The molecule has 10 heteroatoms. The summed E-state index contributed by atoms with van der Waals surface area (Å²) in [6, 6.07) is 9.22. The number of ether oxygens (including phenoxy) is 2. The van der Waals surface area contributed by atoms with Crippen molar-refractivity contribution in [3.63, 3.8) is 0 Å². The number of hydrogen-bond acceptors (Lipinski definition) is 5. The van der Waals surface area contributed by atoms with Crippen LogP contribution in [0, 0.1) is 5.41 Å². The minimum absolute atomic E-state index is 0.0464. The number of rotatable bonds is 10. The Morgan fingerprint density at radius 1 is 1.08 bits per heavy atom. The first-order valence-electron chi connectivity index (χ1n) is 12.2. The molecular formula is C27H34F3NO5S. The van der Waals surface area contributed by atoms with Gasteiger partial charge in [0.25, 0.3) is 0 Å². The lowest BCUT2D eigenvalue weighted by atomic mass is 9.61. The van der Waals surface area contributed by atoms with Crippen molar-refractivity contribution in [1.29, 1.82) is 0 Å². The topological polar surface area (TPSA) is 81.7 Å². The van der Waals surface area contributed by atoms with E-state index in [-0.39, 0.29) is 28.6 Å². The number of alkyl halides is 3. The third-order valence-corrected chi connectivity index (χ3v) is 8.74. The number of carbonyl (C=O) groups excluding carboxylic acids is 1. The van der Waals surface area contributed by atoms with Gasteiger partial charge >= 0.3 is 6.36 Å². The number of benzene rings is 2. The molecule has 3 rings (SSSR count). The molecular weight excluding hydrogens is 507 g/mol. The molecule has 1 atom stereocenters. The van der Waals surface area contributed by atoms with Gasteiger partial charge in [-0.1, -0.05) is 52.3 Å².